The molecule has 0 atom stereocenters. The molecule has 0 radical (unpaired) electrons. The summed E-state index contributed by atoms with van der Waals surface area (Å²) in [6.07, 6.45) is 1.53. The number of nitro benzene ring substituents is 1. The summed E-state index contributed by atoms with van der Waals surface area (Å²) in [5.41, 5.74) is 1.53. The van der Waals surface area contributed by atoms with Crippen molar-refractivity contribution in [3.63, 3.8) is 0 Å². The number of thioether (sulfide) groups is 1. The number of para-hydroxylation sites is 1. The molecule has 0 bridgehead atoms. The van der Waals surface area contributed by atoms with E-state index in [1.165, 1.54) is 18.2 Å². The minimum Gasteiger partial charge on any atom is -0.490 e. The quantitative estimate of drug-likeness (QED) is 0.182. The maximum atomic E-state index is 12.9. The summed E-state index contributed by atoms with van der Waals surface area (Å²) >= 11 is 6.78. The van der Waals surface area contributed by atoms with Crippen LogP contribution in [0.2, 0.25) is 5.02 Å². The molecule has 3 aromatic rings. The van der Waals surface area contributed by atoms with Crippen molar-refractivity contribution in [3.05, 3.63) is 97.9 Å². The van der Waals surface area contributed by atoms with Gasteiger partial charge in [-0.15, -0.1) is 0 Å². The average Bonchev–Trinajstić information content (AvgIpc) is 3.17. The highest BCUT2D eigenvalue weighted by atomic mass is 35.5. The second-order valence-electron chi connectivity index (χ2n) is 8.15. The van der Waals surface area contributed by atoms with Gasteiger partial charge in [0.05, 0.1) is 27.1 Å². The number of ether oxygens (including phenoxy) is 2. The zero-order valence-electron chi connectivity index (χ0n) is 20.6. The van der Waals surface area contributed by atoms with E-state index in [1.54, 1.807) is 61.5 Å². The summed E-state index contributed by atoms with van der Waals surface area (Å²) in [6, 6.07) is 17.8. The largest absolute Gasteiger partial charge is 0.490 e. The van der Waals surface area contributed by atoms with Crippen LogP contribution in [0.15, 0.2) is 71.6 Å². The molecule has 0 aliphatic carbocycles. The molecular weight excluding hydrogens is 546 g/mol. The van der Waals surface area contributed by atoms with Crippen molar-refractivity contribution in [1.82, 2.24) is 4.90 Å². The van der Waals surface area contributed by atoms with Crippen LogP contribution >= 0.6 is 23.4 Å². The molecule has 12 heteroatoms. The summed E-state index contributed by atoms with van der Waals surface area (Å²) in [4.78, 5) is 49.4. The molecule has 10 nitrogen and oxygen atoms in total. The number of nitro groups is 1. The maximum absolute atomic E-state index is 12.9. The van der Waals surface area contributed by atoms with E-state index in [1.807, 2.05) is 0 Å². The molecule has 39 heavy (non-hydrogen) atoms. The Hall–Kier alpha value is -4.35. The highest BCUT2D eigenvalue weighted by Gasteiger charge is 2.36. The van der Waals surface area contributed by atoms with Gasteiger partial charge in [-0.2, -0.15) is 0 Å². The van der Waals surface area contributed by atoms with Crippen LogP contribution in [0.4, 0.5) is 16.2 Å². The molecule has 1 fully saturated rings. The number of nitrogens with one attached hydrogen (secondary N) is 1. The van der Waals surface area contributed by atoms with Crippen LogP contribution in [0, 0.1) is 10.1 Å². The highest BCUT2D eigenvalue weighted by molar-refractivity contribution is 8.18. The Kier molecular flexibility index (Phi) is 8.84. The second-order valence-corrected chi connectivity index (χ2v) is 9.55. The van der Waals surface area contributed by atoms with Crippen molar-refractivity contribution in [2.75, 3.05) is 18.5 Å². The van der Waals surface area contributed by atoms with Gasteiger partial charge in [-0.3, -0.25) is 29.4 Å². The van der Waals surface area contributed by atoms with Crippen molar-refractivity contribution in [2.24, 2.45) is 0 Å². The smallest absolute Gasteiger partial charge is 0.294 e. The van der Waals surface area contributed by atoms with E-state index in [0.717, 1.165) is 16.7 Å². The van der Waals surface area contributed by atoms with Gasteiger partial charge >= 0.3 is 0 Å². The number of non-ortho nitro benzene ring substituents is 1. The van der Waals surface area contributed by atoms with Crippen LogP contribution in [0.3, 0.4) is 0 Å². The Labute approximate surface area is 232 Å². The molecule has 0 spiro atoms. The summed E-state index contributed by atoms with van der Waals surface area (Å²) in [5, 5.41) is 13.4. The van der Waals surface area contributed by atoms with Crippen molar-refractivity contribution < 1.29 is 28.8 Å². The lowest BCUT2D eigenvalue weighted by atomic mass is 10.1. The lowest BCUT2D eigenvalue weighted by Crippen LogP contribution is -2.36. The topological polar surface area (TPSA) is 128 Å². The number of amides is 3. The number of benzene rings is 3. The van der Waals surface area contributed by atoms with Crippen molar-refractivity contribution >= 4 is 57.9 Å². The first-order chi connectivity index (χ1) is 18.7. The Balaban J connectivity index is 1.45. The van der Waals surface area contributed by atoms with Crippen molar-refractivity contribution in [2.45, 2.75) is 13.5 Å². The van der Waals surface area contributed by atoms with Crippen molar-refractivity contribution in [3.8, 4) is 11.5 Å². The zero-order chi connectivity index (χ0) is 27.9. The van der Waals surface area contributed by atoms with E-state index in [2.05, 4.69) is 5.32 Å². The normalized spacial score (nSPS) is 14.0. The van der Waals surface area contributed by atoms with Crippen LogP contribution in [0.1, 0.15) is 18.1 Å². The Bertz CT molecular complexity index is 1480. The van der Waals surface area contributed by atoms with Gasteiger partial charge in [-0.25, -0.2) is 0 Å². The van der Waals surface area contributed by atoms with Gasteiger partial charge in [-0.1, -0.05) is 41.9 Å². The van der Waals surface area contributed by atoms with Crippen molar-refractivity contribution in [1.29, 1.82) is 0 Å². The van der Waals surface area contributed by atoms with E-state index < -0.39 is 28.5 Å². The van der Waals surface area contributed by atoms with Gasteiger partial charge in [0.15, 0.2) is 11.5 Å². The molecular formula is C27H22ClN3O7S. The number of carbonyl (C=O) groups excluding carboxylic acids is 3. The van der Waals surface area contributed by atoms with E-state index in [9.17, 15) is 24.5 Å². The number of hydrogen-bond donors (Lipinski definition) is 1. The molecule has 200 valence electrons. The van der Waals surface area contributed by atoms with Crippen LogP contribution in [-0.2, 0) is 16.2 Å². The lowest BCUT2D eigenvalue weighted by Gasteiger charge is -2.13. The molecule has 3 amide bonds. The van der Waals surface area contributed by atoms with Gasteiger partial charge in [0.25, 0.3) is 16.8 Å². The van der Waals surface area contributed by atoms with Crippen LogP contribution < -0.4 is 14.8 Å². The third-order valence-electron chi connectivity index (χ3n) is 5.40. The number of anilines is 1. The van der Waals surface area contributed by atoms with Crippen LogP contribution in [-0.4, -0.2) is 40.0 Å². The molecule has 0 saturated carbocycles. The number of nitrogens with zero attached hydrogens (tertiary/aromatic N) is 2. The molecule has 1 N–H and O–H groups in total. The fourth-order valence-electron chi connectivity index (χ4n) is 3.61. The Morgan fingerprint density at radius 2 is 1.87 bits per heavy atom. The summed E-state index contributed by atoms with van der Waals surface area (Å²) in [5.74, 6) is -0.348. The molecule has 0 aromatic heterocycles. The number of halogens is 1. The SMILES string of the molecule is CCOc1cc(/C=C2/SC(=O)N(CC(=O)Nc3ccccc3Cl)C2=O)ccc1OCc1cccc([N+](=O)[O-])c1. The van der Waals surface area contributed by atoms with Gasteiger partial charge in [0, 0.05) is 12.1 Å². The molecule has 1 aliphatic rings. The van der Waals surface area contributed by atoms with Gasteiger partial charge in [0.1, 0.15) is 13.2 Å². The van der Waals surface area contributed by atoms with Crippen LogP contribution in [0.5, 0.6) is 11.5 Å². The van der Waals surface area contributed by atoms with Gasteiger partial charge in [0.2, 0.25) is 5.91 Å². The van der Waals surface area contributed by atoms with E-state index >= 15 is 0 Å². The van der Waals surface area contributed by atoms with Crippen LogP contribution in [0.25, 0.3) is 6.08 Å². The molecule has 1 heterocycles. The molecule has 1 saturated heterocycles. The monoisotopic (exact) mass is 567 g/mol. The second kappa shape index (κ2) is 12.5. The first kappa shape index (κ1) is 27.7. The summed E-state index contributed by atoms with van der Waals surface area (Å²) in [6.45, 7) is 1.77. The predicted molar refractivity (Wildman–Crippen MR) is 148 cm³/mol. The molecule has 4 rings (SSSR count). The van der Waals surface area contributed by atoms with Gasteiger partial charge in [-0.05, 0) is 60.2 Å². The van der Waals surface area contributed by atoms with E-state index in [0.29, 0.717) is 39.9 Å². The number of hydrogen-bond acceptors (Lipinski definition) is 8. The lowest BCUT2D eigenvalue weighted by molar-refractivity contribution is -0.384. The third kappa shape index (κ3) is 6.95. The highest BCUT2D eigenvalue weighted by Crippen LogP contribution is 2.35. The fraction of sp³-hybridized carbons (Fsp3) is 0.148. The zero-order valence-corrected chi connectivity index (χ0v) is 22.2. The minimum atomic E-state index is -0.594. The summed E-state index contributed by atoms with van der Waals surface area (Å²) in [7, 11) is 0. The third-order valence-corrected chi connectivity index (χ3v) is 6.64. The molecule has 3 aromatic carbocycles. The predicted octanol–water partition coefficient (Wildman–Crippen LogP) is 5.90. The fourth-order valence-corrected chi connectivity index (χ4v) is 4.63. The standard InChI is InChI=1S/C27H22ClN3O7S/c1-2-37-23-13-17(10-11-22(23)38-16-18-6-5-7-19(12-18)31(35)36)14-24-26(33)30(27(34)39-24)15-25(32)29-21-9-4-3-8-20(21)28/h3-14H,2,15-16H2,1H3,(H,29,32)/b24-14+. The Morgan fingerprint density at radius 3 is 2.62 bits per heavy atom. The minimum absolute atomic E-state index is 0.0354. The van der Waals surface area contributed by atoms with E-state index in [4.69, 9.17) is 21.1 Å². The average molecular weight is 568 g/mol. The maximum Gasteiger partial charge on any atom is 0.294 e. The molecule has 1 aliphatic heterocycles. The number of imide groups is 1. The number of rotatable bonds is 10. The van der Waals surface area contributed by atoms with Gasteiger partial charge < -0.3 is 14.8 Å². The first-order valence-corrected chi connectivity index (χ1v) is 12.9. The molecule has 0 unspecified atom stereocenters. The summed E-state index contributed by atoms with van der Waals surface area (Å²) < 4.78 is 11.5. The number of carbonyl (C=O) groups is 3. The first-order valence-electron chi connectivity index (χ1n) is 11.7. The Morgan fingerprint density at radius 1 is 1.08 bits per heavy atom. The van der Waals surface area contributed by atoms with E-state index in [-0.39, 0.29) is 17.2 Å².